The molecule has 0 heterocycles. The van der Waals surface area contributed by atoms with Crippen molar-refractivity contribution in [3.63, 3.8) is 0 Å². The van der Waals surface area contributed by atoms with Gasteiger partial charge in [-0.15, -0.1) is 0 Å². The molecule has 0 amide bonds. The van der Waals surface area contributed by atoms with Gasteiger partial charge in [0.15, 0.2) is 0 Å². The molecule has 0 radical (unpaired) electrons. The normalized spacial score (nSPS) is 15.8. The third kappa shape index (κ3) is 3.40. The third-order valence-electron chi connectivity index (χ3n) is 3.78. The topological polar surface area (TPSA) is 49.4 Å². The van der Waals surface area contributed by atoms with Crippen molar-refractivity contribution in [1.29, 1.82) is 0 Å². The molecule has 5 heteroatoms. The van der Waals surface area contributed by atoms with Gasteiger partial charge in [-0.05, 0) is 43.4 Å². The van der Waals surface area contributed by atoms with Crippen molar-refractivity contribution in [2.24, 2.45) is 0 Å². The SMILES string of the molecule is CCCN(C)S(=O)(=O)c1cccc(CNC2CC2)c1C. The lowest BCUT2D eigenvalue weighted by molar-refractivity contribution is 0.468. The van der Waals surface area contributed by atoms with E-state index in [1.807, 2.05) is 26.0 Å². The molecule has 1 fully saturated rings. The van der Waals surface area contributed by atoms with E-state index in [-0.39, 0.29) is 0 Å². The van der Waals surface area contributed by atoms with Gasteiger partial charge in [-0.25, -0.2) is 12.7 Å². The summed E-state index contributed by atoms with van der Waals surface area (Å²) in [7, 11) is -1.73. The maximum Gasteiger partial charge on any atom is 0.243 e. The number of benzene rings is 1. The minimum atomic E-state index is -3.37. The van der Waals surface area contributed by atoms with Crippen molar-refractivity contribution in [3.05, 3.63) is 29.3 Å². The third-order valence-corrected chi connectivity index (χ3v) is 5.78. The van der Waals surface area contributed by atoms with Crippen LogP contribution >= 0.6 is 0 Å². The van der Waals surface area contributed by atoms with Crippen molar-refractivity contribution in [1.82, 2.24) is 9.62 Å². The molecule has 0 spiro atoms. The Kier molecular flexibility index (Phi) is 4.83. The monoisotopic (exact) mass is 296 g/mol. The summed E-state index contributed by atoms with van der Waals surface area (Å²) in [5, 5.41) is 3.44. The molecule has 1 aliphatic rings. The van der Waals surface area contributed by atoms with Crippen LogP contribution in [0.15, 0.2) is 23.1 Å². The Morgan fingerprint density at radius 1 is 1.35 bits per heavy atom. The van der Waals surface area contributed by atoms with Gasteiger partial charge in [-0.1, -0.05) is 19.1 Å². The molecule has 112 valence electrons. The first-order valence-corrected chi connectivity index (χ1v) is 8.69. The van der Waals surface area contributed by atoms with Crippen LogP contribution in [-0.2, 0) is 16.6 Å². The Labute approximate surface area is 122 Å². The Hall–Kier alpha value is -0.910. The smallest absolute Gasteiger partial charge is 0.243 e. The molecule has 0 saturated heterocycles. The minimum Gasteiger partial charge on any atom is -0.310 e. The highest BCUT2D eigenvalue weighted by Crippen LogP contribution is 2.24. The Balaban J connectivity index is 2.24. The van der Waals surface area contributed by atoms with Gasteiger partial charge in [-0.2, -0.15) is 0 Å². The molecule has 1 aliphatic carbocycles. The van der Waals surface area contributed by atoms with Gasteiger partial charge in [0.25, 0.3) is 0 Å². The summed E-state index contributed by atoms with van der Waals surface area (Å²) in [5.74, 6) is 0. The van der Waals surface area contributed by atoms with E-state index in [4.69, 9.17) is 0 Å². The highest BCUT2D eigenvalue weighted by Gasteiger charge is 2.24. The second-order valence-electron chi connectivity index (χ2n) is 5.52. The van der Waals surface area contributed by atoms with E-state index in [1.165, 1.54) is 17.1 Å². The summed E-state index contributed by atoms with van der Waals surface area (Å²) in [4.78, 5) is 0.434. The number of hydrogen-bond donors (Lipinski definition) is 1. The summed E-state index contributed by atoms with van der Waals surface area (Å²) in [6, 6.07) is 6.17. The van der Waals surface area contributed by atoms with Gasteiger partial charge in [0.05, 0.1) is 4.90 Å². The van der Waals surface area contributed by atoms with E-state index in [2.05, 4.69) is 5.32 Å². The molecule has 4 nitrogen and oxygen atoms in total. The number of nitrogens with zero attached hydrogens (tertiary/aromatic N) is 1. The maximum absolute atomic E-state index is 12.6. The van der Waals surface area contributed by atoms with Crippen molar-refractivity contribution >= 4 is 10.0 Å². The van der Waals surface area contributed by atoms with Gasteiger partial charge in [0.2, 0.25) is 10.0 Å². The molecular weight excluding hydrogens is 272 g/mol. The molecule has 2 rings (SSSR count). The van der Waals surface area contributed by atoms with Crippen molar-refractivity contribution in [2.75, 3.05) is 13.6 Å². The average Bonchev–Trinajstić information content (AvgIpc) is 3.21. The van der Waals surface area contributed by atoms with E-state index in [9.17, 15) is 8.42 Å². The maximum atomic E-state index is 12.6. The molecule has 20 heavy (non-hydrogen) atoms. The Bertz CT molecular complexity index is 565. The fraction of sp³-hybridized carbons (Fsp3) is 0.600. The second-order valence-corrected chi connectivity index (χ2v) is 7.54. The lowest BCUT2D eigenvalue weighted by Gasteiger charge is -2.19. The van der Waals surface area contributed by atoms with E-state index in [0.717, 1.165) is 24.1 Å². The number of rotatable bonds is 7. The van der Waals surface area contributed by atoms with Crippen LogP contribution in [-0.4, -0.2) is 32.4 Å². The van der Waals surface area contributed by atoms with Gasteiger partial charge < -0.3 is 5.32 Å². The summed E-state index contributed by atoms with van der Waals surface area (Å²) < 4.78 is 26.5. The summed E-state index contributed by atoms with van der Waals surface area (Å²) >= 11 is 0. The van der Waals surface area contributed by atoms with Crippen LogP contribution in [0.1, 0.15) is 37.3 Å². The molecule has 0 bridgehead atoms. The number of nitrogens with one attached hydrogen (secondary N) is 1. The van der Waals surface area contributed by atoms with Crippen molar-refractivity contribution in [3.8, 4) is 0 Å². The highest BCUT2D eigenvalue weighted by atomic mass is 32.2. The van der Waals surface area contributed by atoms with Crippen LogP contribution in [0.25, 0.3) is 0 Å². The molecule has 0 atom stereocenters. The van der Waals surface area contributed by atoms with Crippen LogP contribution < -0.4 is 5.32 Å². The first kappa shape index (κ1) is 15.5. The van der Waals surface area contributed by atoms with Crippen LogP contribution in [0.4, 0.5) is 0 Å². The lowest BCUT2D eigenvalue weighted by Crippen LogP contribution is -2.28. The van der Waals surface area contributed by atoms with Gasteiger partial charge in [0, 0.05) is 26.2 Å². The fourth-order valence-corrected chi connectivity index (χ4v) is 3.80. The zero-order valence-corrected chi connectivity index (χ0v) is 13.3. The molecule has 1 saturated carbocycles. The van der Waals surface area contributed by atoms with E-state index >= 15 is 0 Å². The zero-order valence-electron chi connectivity index (χ0n) is 12.5. The molecule has 1 aromatic rings. The molecule has 1 N–H and O–H groups in total. The van der Waals surface area contributed by atoms with Crippen LogP contribution in [0.3, 0.4) is 0 Å². The number of hydrogen-bond acceptors (Lipinski definition) is 3. The summed E-state index contributed by atoms with van der Waals surface area (Å²) in [5.41, 5.74) is 1.94. The fourth-order valence-electron chi connectivity index (χ4n) is 2.28. The standard InChI is InChI=1S/C15H24N2O2S/c1-4-10-17(3)20(18,19)15-7-5-6-13(12(15)2)11-16-14-8-9-14/h5-7,14,16H,4,8-11H2,1-3H3. The molecular formula is C15H24N2O2S. The van der Waals surface area contributed by atoms with Gasteiger partial charge in [-0.3, -0.25) is 0 Å². The van der Waals surface area contributed by atoms with Crippen LogP contribution in [0.5, 0.6) is 0 Å². The number of sulfonamides is 1. The predicted molar refractivity (Wildman–Crippen MR) is 81.1 cm³/mol. The first-order chi connectivity index (χ1) is 9.46. The van der Waals surface area contributed by atoms with Crippen molar-refractivity contribution < 1.29 is 8.42 Å². The largest absolute Gasteiger partial charge is 0.310 e. The summed E-state index contributed by atoms with van der Waals surface area (Å²) in [6.45, 7) is 5.18. The average molecular weight is 296 g/mol. The molecule has 1 aromatic carbocycles. The molecule has 0 aromatic heterocycles. The minimum absolute atomic E-state index is 0.434. The highest BCUT2D eigenvalue weighted by molar-refractivity contribution is 7.89. The van der Waals surface area contributed by atoms with Gasteiger partial charge >= 0.3 is 0 Å². The molecule has 0 unspecified atom stereocenters. The van der Waals surface area contributed by atoms with E-state index < -0.39 is 10.0 Å². The Morgan fingerprint density at radius 2 is 2.05 bits per heavy atom. The zero-order chi connectivity index (χ0) is 14.8. The Morgan fingerprint density at radius 3 is 2.65 bits per heavy atom. The van der Waals surface area contributed by atoms with Crippen molar-refractivity contribution in [2.45, 2.75) is 50.6 Å². The van der Waals surface area contributed by atoms with Crippen LogP contribution in [0, 0.1) is 6.92 Å². The summed E-state index contributed by atoms with van der Waals surface area (Å²) in [6.07, 6.45) is 3.28. The van der Waals surface area contributed by atoms with Crippen LogP contribution in [0.2, 0.25) is 0 Å². The first-order valence-electron chi connectivity index (χ1n) is 7.25. The van der Waals surface area contributed by atoms with E-state index in [1.54, 1.807) is 13.1 Å². The molecule has 0 aliphatic heterocycles. The van der Waals surface area contributed by atoms with E-state index in [0.29, 0.717) is 17.5 Å². The lowest BCUT2D eigenvalue weighted by atomic mass is 10.1. The van der Waals surface area contributed by atoms with Gasteiger partial charge in [0.1, 0.15) is 0 Å². The quantitative estimate of drug-likeness (QED) is 0.840. The second kappa shape index (κ2) is 6.24. The predicted octanol–water partition coefficient (Wildman–Crippen LogP) is 2.28.